The van der Waals surface area contributed by atoms with Gasteiger partial charge in [-0.25, -0.2) is 0 Å². The van der Waals surface area contributed by atoms with Gasteiger partial charge in [0.2, 0.25) is 0 Å². The molecule has 0 aliphatic carbocycles. The second-order valence-corrected chi connectivity index (χ2v) is 3.25. The van der Waals surface area contributed by atoms with Crippen molar-refractivity contribution < 1.29 is 23.4 Å². The summed E-state index contributed by atoms with van der Waals surface area (Å²) in [4.78, 5) is 0. The zero-order valence-electron chi connectivity index (χ0n) is 8.33. The Morgan fingerprint density at radius 3 is 2.44 bits per heavy atom. The topological polar surface area (TPSA) is 52.5 Å². The van der Waals surface area contributed by atoms with Crippen molar-refractivity contribution in [1.29, 1.82) is 0 Å². The molecule has 16 heavy (non-hydrogen) atoms. The number of hydrogen-bond donors (Lipinski definition) is 3. The molecule has 0 spiro atoms. The second-order valence-electron chi connectivity index (χ2n) is 3.25. The summed E-state index contributed by atoms with van der Waals surface area (Å²) in [5, 5.41) is 20.1. The zero-order valence-corrected chi connectivity index (χ0v) is 8.33. The van der Waals surface area contributed by atoms with E-state index in [1.807, 2.05) is 0 Å². The predicted molar refractivity (Wildman–Crippen MR) is 52.9 cm³/mol. The van der Waals surface area contributed by atoms with E-state index in [0.29, 0.717) is 11.3 Å². The van der Waals surface area contributed by atoms with Gasteiger partial charge in [-0.2, -0.15) is 13.2 Å². The van der Waals surface area contributed by atoms with E-state index in [1.165, 1.54) is 6.07 Å². The normalized spacial score (nSPS) is 13.6. The van der Waals surface area contributed by atoms with Gasteiger partial charge in [-0.05, 0) is 6.07 Å². The van der Waals surface area contributed by atoms with Gasteiger partial charge in [0.05, 0.1) is 6.61 Å². The molecule has 90 valence electrons. The summed E-state index contributed by atoms with van der Waals surface area (Å²) in [6.45, 7) is -0.911. The first kappa shape index (κ1) is 12.8. The van der Waals surface area contributed by atoms with Crippen molar-refractivity contribution in [2.45, 2.75) is 18.9 Å². The monoisotopic (exact) mass is 235 g/mol. The second kappa shape index (κ2) is 5.18. The van der Waals surface area contributed by atoms with Crippen LogP contribution in [0.1, 0.15) is 5.56 Å². The van der Waals surface area contributed by atoms with Crippen molar-refractivity contribution in [3.05, 3.63) is 29.8 Å². The third-order valence-electron chi connectivity index (χ3n) is 2.05. The van der Waals surface area contributed by atoms with Gasteiger partial charge in [0.1, 0.15) is 0 Å². The van der Waals surface area contributed by atoms with E-state index in [-0.39, 0.29) is 6.61 Å². The van der Waals surface area contributed by atoms with Crippen LogP contribution in [-0.4, -0.2) is 29.0 Å². The molecule has 0 radical (unpaired) electrons. The Balaban J connectivity index is 2.61. The largest absolute Gasteiger partial charge is 0.416 e. The van der Waals surface area contributed by atoms with Crippen LogP contribution in [0.4, 0.5) is 18.9 Å². The Morgan fingerprint density at radius 1 is 1.25 bits per heavy atom. The molecule has 1 aromatic carbocycles. The van der Waals surface area contributed by atoms with Crippen LogP contribution >= 0.6 is 0 Å². The van der Waals surface area contributed by atoms with Gasteiger partial charge in [-0.1, -0.05) is 18.2 Å². The van der Waals surface area contributed by atoms with Gasteiger partial charge < -0.3 is 15.5 Å². The average molecular weight is 235 g/mol. The number of para-hydroxylation sites is 1. The number of alkyl halides is 3. The lowest BCUT2D eigenvalue weighted by atomic mass is 10.2. The van der Waals surface area contributed by atoms with E-state index in [4.69, 9.17) is 10.2 Å². The SMILES string of the molecule is OCc1ccccc1NCC(O)C(F)(F)F. The summed E-state index contributed by atoms with van der Waals surface area (Å²) in [6.07, 6.45) is -7.06. The molecule has 1 rings (SSSR count). The summed E-state index contributed by atoms with van der Waals surface area (Å²) in [5.74, 6) is 0. The number of benzene rings is 1. The molecular formula is C10H12F3NO2. The number of anilines is 1. The van der Waals surface area contributed by atoms with Gasteiger partial charge in [-0.15, -0.1) is 0 Å². The molecule has 0 heterocycles. The Bertz CT molecular complexity index is 341. The molecule has 0 saturated heterocycles. The number of aliphatic hydroxyl groups excluding tert-OH is 2. The molecule has 0 amide bonds. The maximum absolute atomic E-state index is 12.0. The summed E-state index contributed by atoms with van der Waals surface area (Å²) in [6, 6.07) is 6.41. The quantitative estimate of drug-likeness (QED) is 0.741. The fourth-order valence-corrected chi connectivity index (χ4v) is 1.15. The van der Waals surface area contributed by atoms with Gasteiger partial charge in [0.25, 0.3) is 0 Å². The highest BCUT2D eigenvalue weighted by atomic mass is 19.4. The van der Waals surface area contributed by atoms with E-state index < -0.39 is 18.8 Å². The zero-order chi connectivity index (χ0) is 12.2. The first-order valence-electron chi connectivity index (χ1n) is 4.62. The molecule has 0 aromatic heterocycles. The van der Waals surface area contributed by atoms with Crippen molar-refractivity contribution in [1.82, 2.24) is 0 Å². The molecule has 0 bridgehead atoms. The van der Waals surface area contributed by atoms with Crippen LogP contribution in [0, 0.1) is 0 Å². The minimum atomic E-state index is -4.64. The van der Waals surface area contributed by atoms with Crippen molar-refractivity contribution in [2.24, 2.45) is 0 Å². The molecule has 0 fully saturated rings. The Labute approximate surface area is 90.5 Å². The summed E-state index contributed by atoms with van der Waals surface area (Å²) >= 11 is 0. The molecule has 6 heteroatoms. The first-order chi connectivity index (χ1) is 7.45. The first-order valence-corrected chi connectivity index (χ1v) is 4.62. The van der Waals surface area contributed by atoms with Crippen LogP contribution in [0.3, 0.4) is 0 Å². The lowest BCUT2D eigenvalue weighted by Crippen LogP contribution is -2.35. The highest BCUT2D eigenvalue weighted by Crippen LogP contribution is 2.21. The Morgan fingerprint density at radius 2 is 1.88 bits per heavy atom. The third-order valence-corrected chi connectivity index (χ3v) is 2.05. The smallest absolute Gasteiger partial charge is 0.392 e. The van der Waals surface area contributed by atoms with E-state index >= 15 is 0 Å². The van der Waals surface area contributed by atoms with E-state index in [0.717, 1.165) is 0 Å². The molecule has 0 aliphatic heterocycles. The Kier molecular flexibility index (Phi) is 4.14. The van der Waals surface area contributed by atoms with Gasteiger partial charge in [0, 0.05) is 17.8 Å². The van der Waals surface area contributed by atoms with Gasteiger partial charge >= 0.3 is 6.18 Å². The van der Waals surface area contributed by atoms with Crippen LogP contribution in [0.15, 0.2) is 24.3 Å². The number of hydrogen-bond acceptors (Lipinski definition) is 3. The number of aliphatic hydroxyl groups is 2. The van der Waals surface area contributed by atoms with Crippen molar-refractivity contribution >= 4 is 5.69 Å². The van der Waals surface area contributed by atoms with Gasteiger partial charge in [0.15, 0.2) is 6.10 Å². The number of rotatable bonds is 4. The molecule has 0 saturated carbocycles. The van der Waals surface area contributed by atoms with Crippen LogP contribution in [-0.2, 0) is 6.61 Å². The highest BCUT2D eigenvalue weighted by molar-refractivity contribution is 5.50. The molecule has 3 N–H and O–H groups in total. The summed E-state index contributed by atoms with van der Waals surface area (Å²) in [7, 11) is 0. The van der Waals surface area contributed by atoms with E-state index in [2.05, 4.69) is 5.32 Å². The van der Waals surface area contributed by atoms with Crippen molar-refractivity contribution in [3.8, 4) is 0 Å². The lowest BCUT2D eigenvalue weighted by Gasteiger charge is -2.17. The lowest BCUT2D eigenvalue weighted by molar-refractivity contribution is -0.198. The number of nitrogens with one attached hydrogen (secondary N) is 1. The van der Waals surface area contributed by atoms with Crippen LogP contribution in [0.5, 0.6) is 0 Å². The maximum Gasteiger partial charge on any atom is 0.416 e. The summed E-state index contributed by atoms with van der Waals surface area (Å²) < 4.78 is 36.0. The third kappa shape index (κ3) is 3.39. The highest BCUT2D eigenvalue weighted by Gasteiger charge is 2.37. The predicted octanol–water partition coefficient (Wildman–Crippen LogP) is 1.51. The maximum atomic E-state index is 12.0. The van der Waals surface area contributed by atoms with Crippen molar-refractivity contribution in [3.63, 3.8) is 0 Å². The molecule has 1 atom stereocenters. The minimum Gasteiger partial charge on any atom is -0.392 e. The summed E-state index contributed by atoms with van der Waals surface area (Å²) in [5.41, 5.74) is 0.866. The molecule has 1 aromatic rings. The van der Waals surface area contributed by atoms with Crippen LogP contribution < -0.4 is 5.32 Å². The molecular weight excluding hydrogens is 223 g/mol. The van der Waals surface area contributed by atoms with E-state index in [9.17, 15) is 13.2 Å². The van der Waals surface area contributed by atoms with Gasteiger partial charge in [-0.3, -0.25) is 0 Å². The minimum absolute atomic E-state index is 0.273. The fourth-order valence-electron chi connectivity index (χ4n) is 1.15. The fraction of sp³-hybridized carbons (Fsp3) is 0.400. The van der Waals surface area contributed by atoms with E-state index in [1.54, 1.807) is 18.2 Å². The Hall–Kier alpha value is -1.27. The number of halogens is 3. The van der Waals surface area contributed by atoms with Crippen molar-refractivity contribution in [2.75, 3.05) is 11.9 Å². The molecule has 1 unspecified atom stereocenters. The van der Waals surface area contributed by atoms with Crippen LogP contribution in [0.25, 0.3) is 0 Å². The average Bonchev–Trinajstić information content (AvgIpc) is 2.24. The molecule has 0 aliphatic rings. The molecule has 3 nitrogen and oxygen atoms in total. The van der Waals surface area contributed by atoms with Crippen LogP contribution in [0.2, 0.25) is 0 Å². The standard InChI is InChI=1S/C10H12F3NO2/c11-10(12,13)9(16)5-14-8-4-2-1-3-7(8)6-15/h1-4,9,14-16H,5-6H2.